The van der Waals surface area contributed by atoms with E-state index in [-0.39, 0.29) is 36.2 Å². The molecule has 0 aromatic carbocycles. The molecule has 1 aliphatic carbocycles. The molecule has 120 valence electrons. The van der Waals surface area contributed by atoms with E-state index < -0.39 is 12.1 Å². The Bertz CT molecular complexity index is 377. The number of Topliss-reactive ketones (excluding diaryl/α,β-unsaturated/α-hetero) is 2. The molecule has 1 saturated carbocycles. The molecule has 0 radical (unpaired) electrons. The Kier molecular flexibility index (Phi) is 7.57. The van der Waals surface area contributed by atoms with E-state index in [1.54, 1.807) is 0 Å². The minimum atomic E-state index is -0.770. The van der Waals surface area contributed by atoms with Crippen molar-refractivity contribution in [2.24, 2.45) is 11.8 Å². The van der Waals surface area contributed by atoms with E-state index in [0.717, 1.165) is 25.7 Å². The van der Waals surface area contributed by atoms with Crippen molar-refractivity contribution in [1.82, 2.24) is 0 Å². The first-order valence-electron chi connectivity index (χ1n) is 7.83. The molecule has 1 rings (SSSR count). The largest absolute Gasteiger partial charge is 0.481 e. The van der Waals surface area contributed by atoms with Gasteiger partial charge in [0.15, 0.2) is 0 Å². The van der Waals surface area contributed by atoms with Crippen LogP contribution in [0.2, 0.25) is 0 Å². The summed E-state index contributed by atoms with van der Waals surface area (Å²) < 4.78 is 0. The molecule has 0 bridgehead atoms. The van der Waals surface area contributed by atoms with Gasteiger partial charge in [0.25, 0.3) is 0 Å². The molecule has 5 nitrogen and oxygen atoms in total. The van der Waals surface area contributed by atoms with Crippen molar-refractivity contribution < 1.29 is 24.6 Å². The Morgan fingerprint density at radius 3 is 2.38 bits per heavy atom. The van der Waals surface area contributed by atoms with Crippen molar-refractivity contribution in [3.8, 4) is 0 Å². The minimum absolute atomic E-state index is 0.0829. The number of aliphatic hydroxyl groups excluding tert-OH is 1. The Morgan fingerprint density at radius 2 is 1.76 bits per heavy atom. The topological polar surface area (TPSA) is 91.7 Å². The van der Waals surface area contributed by atoms with Crippen LogP contribution in [0.15, 0.2) is 0 Å². The third kappa shape index (κ3) is 6.38. The lowest BCUT2D eigenvalue weighted by molar-refractivity contribution is -0.137. The van der Waals surface area contributed by atoms with E-state index in [4.69, 9.17) is 5.11 Å². The zero-order valence-corrected chi connectivity index (χ0v) is 12.7. The second-order valence-corrected chi connectivity index (χ2v) is 6.10. The molecule has 5 heteroatoms. The number of carbonyl (C=O) groups excluding carboxylic acids is 2. The fourth-order valence-corrected chi connectivity index (χ4v) is 3.15. The molecule has 0 aromatic rings. The Balaban J connectivity index is 2.31. The number of carbonyl (C=O) groups is 3. The number of unbranched alkanes of at least 4 members (excludes halogenated alkanes) is 3. The monoisotopic (exact) mass is 298 g/mol. The van der Waals surface area contributed by atoms with Crippen molar-refractivity contribution in [3.63, 3.8) is 0 Å². The van der Waals surface area contributed by atoms with Gasteiger partial charge in [-0.05, 0) is 32.1 Å². The highest BCUT2D eigenvalue weighted by Gasteiger charge is 2.40. The number of rotatable bonds is 10. The maximum Gasteiger partial charge on any atom is 0.303 e. The van der Waals surface area contributed by atoms with Gasteiger partial charge < -0.3 is 15.0 Å². The van der Waals surface area contributed by atoms with E-state index in [9.17, 15) is 19.5 Å². The molecule has 0 heterocycles. The van der Waals surface area contributed by atoms with E-state index in [0.29, 0.717) is 19.3 Å². The summed E-state index contributed by atoms with van der Waals surface area (Å²) in [7, 11) is 0. The third-order valence-electron chi connectivity index (χ3n) is 4.32. The number of carboxylic acid groups (broad SMARTS) is 1. The normalized spacial score (nSPS) is 25.2. The molecule has 0 unspecified atom stereocenters. The molecule has 1 aliphatic rings. The smallest absolute Gasteiger partial charge is 0.303 e. The summed E-state index contributed by atoms with van der Waals surface area (Å²) in [5.41, 5.74) is 0. The van der Waals surface area contributed by atoms with Gasteiger partial charge in [-0.1, -0.05) is 19.3 Å². The van der Waals surface area contributed by atoms with Crippen LogP contribution in [0.4, 0.5) is 0 Å². The van der Waals surface area contributed by atoms with E-state index in [2.05, 4.69) is 0 Å². The second kappa shape index (κ2) is 8.93. The fraction of sp³-hybridized carbons (Fsp3) is 0.812. The standard InChI is InChI=1S/C16H26O5/c1-11(17)8-9-13-12(14(18)10-15(13)19)6-4-2-3-5-7-16(20)21/h12-13,15,19H,2-10H2,1H3,(H,20,21)/t12-,13+,15+/m1/s1. The molecule has 0 amide bonds. The lowest BCUT2D eigenvalue weighted by atomic mass is 9.85. The zero-order valence-electron chi connectivity index (χ0n) is 12.7. The van der Waals surface area contributed by atoms with Gasteiger partial charge >= 0.3 is 5.97 Å². The van der Waals surface area contributed by atoms with Crippen molar-refractivity contribution in [3.05, 3.63) is 0 Å². The average molecular weight is 298 g/mol. The first-order chi connectivity index (χ1) is 9.91. The van der Waals surface area contributed by atoms with Gasteiger partial charge in [-0.25, -0.2) is 0 Å². The summed E-state index contributed by atoms with van der Waals surface area (Å²) in [4.78, 5) is 33.4. The highest BCUT2D eigenvalue weighted by atomic mass is 16.4. The summed E-state index contributed by atoms with van der Waals surface area (Å²) in [6.45, 7) is 1.53. The van der Waals surface area contributed by atoms with Crippen LogP contribution in [0.25, 0.3) is 0 Å². The van der Waals surface area contributed by atoms with Crippen LogP contribution in [0.1, 0.15) is 64.7 Å². The maximum absolute atomic E-state index is 11.9. The first kappa shape index (κ1) is 17.8. The van der Waals surface area contributed by atoms with Crippen molar-refractivity contribution in [2.45, 2.75) is 70.8 Å². The lowest BCUT2D eigenvalue weighted by Crippen LogP contribution is -2.21. The van der Waals surface area contributed by atoms with Gasteiger partial charge in [0, 0.05) is 25.2 Å². The summed E-state index contributed by atoms with van der Waals surface area (Å²) in [6.07, 6.45) is 4.87. The minimum Gasteiger partial charge on any atom is -0.481 e. The maximum atomic E-state index is 11.9. The van der Waals surface area contributed by atoms with Crippen LogP contribution in [0.5, 0.6) is 0 Å². The summed E-state index contributed by atoms with van der Waals surface area (Å²) in [5, 5.41) is 18.5. The van der Waals surface area contributed by atoms with Crippen LogP contribution in [-0.2, 0) is 14.4 Å². The van der Waals surface area contributed by atoms with Crippen molar-refractivity contribution >= 4 is 17.5 Å². The number of carboxylic acids is 1. The van der Waals surface area contributed by atoms with Crippen LogP contribution < -0.4 is 0 Å². The predicted octanol–water partition coefficient (Wildman–Crippen LogP) is 2.35. The second-order valence-electron chi connectivity index (χ2n) is 6.10. The van der Waals surface area contributed by atoms with Crippen molar-refractivity contribution in [2.75, 3.05) is 0 Å². The molecule has 0 spiro atoms. The van der Waals surface area contributed by atoms with E-state index in [1.165, 1.54) is 6.92 Å². The third-order valence-corrected chi connectivity index (χ3v) is 4.32. The quantitative estimate of drug-likeness (QED) is 0.604. The fourth-order valence-electron chi connectivity index (χ4n) is 3.15. The number of aliphatic hydroxyl groups is 1. The molecular formula is C16H26O5. The van der Waals surface area contributed by atoms with Crippen LogP contribution in [-0.4, -0.2) is 33.9 Å². The first-order valence-corrected chi connectivity index (χ1v) is 7.83. The molecule has 21 heavy (non-hydrogen) atoms. The number of hydrogen-bond acceptors (Lipinski definition) is 4. The number of ketones is 2. The Labute approximate surface area is 125 Å². The highest BCUT2D eigenvalue weighted by molar-refractivity contribution is 5.84. The van der Waals surface area contributed by atoms with E-state index in [1.807, 2.05) is 0 Å². The van der Waals surface area contributed by atoms with Gasteiger partial charge in [0.1, 0.15) is 11.6 Å². The van der Waals surface area contributed by atoms with Crippen LogP contribution in [0, 0.1) is 11.8 Å². The average Bonchev–Trinajstić information content (AvgIpc) is 2.65. The Hall–Kier alpha value is -1.23. The predicted molar refractivity (Wildman–Crippen MR) is 77.9 cm³/mol. The SMILES string of the molecule is CC(=O)CC[C@@H]1[C@@H](O)CC(=O)[C@@H]1CCCCCCC(=O)O. The van der Waals surface area contributed by atoms with Gasteiger partial charge in [-0.15, -0.1) is 0 Å². The zero-order chi connectivity index (χ0) is 15.8. The Morgan fingerprint density at radius 1 is 1.10 bits per heavy atom. The van der Waals surface area contributed by atoms with E-state index >= 15 is 0 Å². The summed E-state index contributed by atoms with van der Waals surface area (Å²) in [6, 6.07) is 0. The number of aliphatic carboxylic acids is 1. The number of hydrogen-bond donors (Lipinski definition) is 2. The van der Waals surface area contributed by atoms with Gasteiger partial charge in [0.05, 0.1) is 6.10 Å². The molecule has 1 fully saturated rings. The van der Waals surface area contributed by atoms with Gasteiger partial charge in [0.2, 0.25) is 0 Å². The molecule has 0 aliphatic heterocycles. The van der Waals surface area contributed by atoms with Gasteiger partial charge in [-0.2, -0.15) is 0 Å². The molecule has 3 atom stereocenters. The molecule has 2 N–H and O–H groups in total. The van der Waals surface area contributed by atoms with Gasteiger partial charge in [-0.3, -0.25) is 9.59 Å². The molecule has 0 aromatic heterocycles. The highest BCUT2D eigenvalue weighted by Crippen LogP contribution is 2.36. The molecule has 0 saturated heterocycles. The van der Waals surface area contributed by atoms with Crippen LogP contribution in [0.3, 0.4) is 0 Å². The summed E-state index contributed by atoms with van der Waals surface area (Å²) >= 11 is 0. The van der Waals surface area contributed by atoms with Crippen LogP contribution >= 0.6 is 0 Å². The van der Waals surface area contributed by atoms with Crippen molar-refractivity contribution in [1.29, 1.82) is 0 Å². The lowest BCUT2D eigenvalue weighted by Gasteiger charge is -2.20. The molecular weight excluding hydrogens is 272 g/mol. The summed E-state index contributed by atoms with van der Waals surface area (Å²) in [5.74, 6) is -0.775.